The lowest BCUT2D eigenvalue weighted by molar-refractivity contribution is -0.157. The van der Waals surface area contributed by atoms with Crippen molar-refractivity contribution in [3.05, 3.63) is 29.3 Å². The second-order valence-corrected chi connectivity index (χ2v) is 5.18. The van der Waals surface area contributed by atoms with Crippen LogP contribution in [0.15, 0.2) is 24.3 Å². The number of halogens is 1. The van der Waals surface area contributed by atoms with Crippen LogP contribution in [0.5, 0.6) is 5.75 Å². The Hall–Kier alpha value is -1.75. The van der Waals surface area contributed by atoms with E-state index in [9.17, 15) is 9.59 Å². The molecule has 0 radical (unpaired) electrons. The molecule has 0 saturated heterocycles. The first-order chi connectivity index (χ1) is 9.28. The molecule has 0 aromatic heterocycles. The van der Waals surface area contributed by atoms with E-state index in [2.05, 4.69) is 0 Å². The van der Waals surface area contributed by atoms with Gasteiger partial charge in [-0.25, -0.2) is 4.79 Å². The van der Waals surface area contributed by atoms with Crippen molar-refractivity contribution in [2.24, 2.45) is 0 Å². The molecular weight excluding hydrogens is 282 g/mol. The Kier molecular flexibility index (Phi) is 5.39. The third kappa shape index (κ3) is 3.87. The van der Waals surface area contributed by atoms with Crippen molar-refractivity contribution in [2.75, 3.05) is 13.2 Å². The van der Waals surface area contributed by atoms with E-state index in [-0.39, 0.29) is 12.5 Å². The first-order valence-corrected chi connectivity index (χ1v) is 6.59. The maximum Gasteiger partial charge on any atom is 0.329 e. The van der Waals surface area contributed by atoms with Crippen molar-refractivity contribution in [1.82, 2.24) is 4.90 Å². The van der Waals surface area contributed by atoms with Crippen molar-refractivity contribution in [2.45, 2.75) is 26.3 Å². The second-order valence-electron chi connectivity index (χ2n) is 4.74. The van der Waals surface area contributed by atoms with E-state index >= 15 is 0 Å². The predicted octanol–water partition coefficient (Wildman–Crippen LogP) is 2.43. The highest BCUT2D eigenvalue weighted by Gasteiger charge is 2.36. The number of carboxylic acid groups (broad SMARTS) is 1. The molecule has 110 valence electrons. The molecule has 0 fully saturated rings. The molecule has 0 aliphatic rings. The Morgan fingerprint density at radius 3 is 2.30 bits per heavy atom. The summed E-state index contributed by atoms with van der Waals surface area (Å²) in [5, 5.41) is 9.73. The quantitative estimate of drug-likeness (QED) is 0.876. The van der Waals surface area contributed by atoms with E-state index in [1.807, 2.05) is 0 Å². The normalized spacial score (nSPS) is 11.0. The summed E-state index contributed by atoms with van der Waals surface area (Å²) < 4.78 is 5.34. The molecule has 0 aliphatic heterocycles. The van der Waals surface area contributed by atoms with Gasteiger partial charge in [0.05, 0.1) is 0 Å². The topological polar surface area (TPSA) is 66.8 Å². The van der Waals surface area contributed by atoms with Crippen LogP contribution in [-0.2, 0) is 9.59 Å². The van der Waals surface area contributed by atoms with Gasteiger partial charge in [0.2, 0.25) is 0 Å². The van der Waals surface area contributed by atoms with Crippen molar-refractivity contribution in [3.63, 3.8) is 0 Å². The van der Waals surface area contributed by atoms with E-state index in [4.69, 9.17) is 21.4 Å². The van der Waals surface area contributed by atoms with Gasteiger partial charge in [-0.15, -0.1) is 0 Å². The van der Waals surface area contributed by atoms with Gasteiger partial charge in [-0.1, -0.05) is 11.6 Å². The fourth-order valence-corrected chi connectivity index (χ4v) is 1.88. The summed E-state index contributed by atoms with van der Waals surface area (Å²) in [7, 11) is 0. The van der Waals surface area contributed by atoms with Crippen LogP contribution in [0.4, 0.5) is 0 Å². The number of carbonyl (C=O) groups is 2. The zero-order valence-electron chi connectivity index (χ0n) is 11.7. The highest BCUT2D eigenvalue weighted by molar-refractivity contribution is 6.30. The number of rotatable bonds is 6. The Bertz CT molecular complexity index is 484. The third-order valence-electron chi connectivity index (χ3n) is 2.99. The van der Waals surface area contributed by atoms with Gasteiger partial charge in [-0.05, 0) is 45.0 Å². The molecule has 0 bridgehead atoms. The minimum Gasteiger partial charge on any atom is -0.484 e. The number of amides is 1. The molecule has 1 aromatic rings. The van der Waals surface area contributed by atoms with Gasteiger partial charge < -0.3 is 14.7 Å². The molecule has 6 heteroatoms. The summed E-state index contributed by atoms with van der Waals surface area (Å²) >= 11 is 5.75. The molecule has 5 nitrogen and oxygen atoms in total. The van der Waals surface area contributed by atoms with Gasteiger partial charge in [0, 0.05) is 11.6 Å². The van der Waals surface area contributed by atoms with E-state index in [0.29, 0.717) is 17.3 Å². The Balaban J connectivity index is 2.69. The molecule has 0 spiro atoms. The molecule has 0 heterocycles. The van der Waals surface area contributed by atoms with Crippen LogP contribution in [-0.4, -0.2) is 40.6 Å². The first-order valence-electron chi connectivity index (χ1n) is 6.21. The number of benzene rings is 1. The van der Waals surface area contributed by atoms with Crippen molar-refractivity contribution >= 4 is 23.5 Å². The molecule has 1 aromatic carbocycles. The van der Waals surface area contributed by atoms with Gasteiger partial charge in [0.1, 0.15) is 11.3 Å². The number of hydrogen-bond donors (Lipinski definition) is 1. The van der Waals surface area contributed by atoms with Crippen molar-refractivity contribution in [3.8, 4) is 5.75 Å². The van der Waals surface area contributed by atoms with E-state index in [0.717, 1.165) is 0 Å². The van der Waals surface area contributed by atoms with Crippen LogP contribution in [0, 0.1) is 0 Å². The van der Waals surface area contributed by atoms with Crippen LogP contribution in [0.3, 0.4) is 0 Å². The predicted molar refractivity (Wildman–Crippen MR) is 76.0 cm³/mol. The molecule has 0 saturated carbocycles. The standard InChI is InChI=1S/C14H18ClNO4/c1-4-16(14(2,3)13(18)19)12(17)9-20-11-7-5-10(15)6-8-11/h5-8H,4,9H2,1-3H3,(H,18,19). The summed E-state index contributed by atoms with van der Waals surface area (Å²) in [4.78, 5) is 24.5. The molecule has 0 aliphatic carbocycles. The fourth-order valence-electron chi connectivity index (χ4n) is 1.75. The van der Waals surface area contributed by atoms with Crippen LogP contribution in [0.25, 0.3) is 0 Å². The minimum absolute atomic E-state index is 0.216. The molecule has 1 rings (SSSR count). The lowest BCUT2D eigenvalue weighted by Crippen LogP contribution is -2.54. The van der Waals surface area contributed by atoms with Crippen LogP contribution < -0.4 is 4.74 Å². The largest absolute Gasteiger partial charge is 0.484 e. The lowest BCUT2D eigenvalue weighted by Gasteiger charge is -2.34. The summed E-state index contributed by atoms with van der Waals surface area (Å²) in [6, 6.07) is 6.60. The lowest BCUT2D eigenvalue weighted by atomic mass is 10.0. The number of nitrogens with zero attached hydrogens (tertiary/aromatic N) is 1. The number of ether oxygens (including phenoxy) is 1. The van der Waals surface area contributed by atoms with Crippen molar-refractivity contribution < 1.29 is 19.4 Å². The van der Waals surface area contributed by atoms with Crippen LogP contribution in [0.1, 0.15) is 20.8 Å². The van der Waals surface area contributed by atoms with Gasteiger partial charge in [0.15, 0.2) is 6.61 Å². The summed E-state index contributed by atoms with van der Waals surface area (Å²) in [6.07, 6.45) is 0. The zero-order chi connectivity index (χ0) is 15.3. The molecular formula is C14H18ClNO4. The number of carboxylic acids is 1. The minimum atomic E-state index is -1.27. The average molecular weight is 300 g/mol. The van der Waals surface area contributed by atoms with Crippen molar-refractivity contribution in [1.29, 1.82) is 0 Å². The third-order valence-corrected chi connectivity index (χ3v) is 3.24. The molecule has 1 amide bonds. The van der Waals surface area contributed by atoms with Gasteiger partial charge in [0.25, 0.3) is 5.91 Å². The number of carbonyl (C=O) groups excluding carboxylic acids is 1. The molecule has 20 heavy (non-hydrogen) atoms. The zero-order valence-corrected chi connectivity index (χ0v) is 12.5. The van der Waals surface area contributed by atoms with Crippen LogP contribution in [0.2, 0.25) is 5.02 Å². The summed E-state index contributed by atoms with van der Waals surface area (Å²) in [6.45, 7) is 4.78. The first kappa shape index (κ1) is 16.3. The number of hydrogen-bond acceptors (Lipinski definition) is 3. The average Bonchev–Trinajstić information content (AvgIpc) is 2.38. The van der Waals surface area contributed by atoms with Gasteiger partial charge >= 0.3 is 5.97 Å². The highest BCUT2D eigenvalue weighted by Crippen LogP contribution is 2.17. The smallest absolute Gasteiger partial charge is 0.329 e. The Morgan fingerprint density at radius 1 is 1.30 bits per heavy atom. The monoisotopic (exact) mass is 299 g/mol. The van der Waals surface area contributed by atoms with Gasteiger partial charge in [-0.2, -0.15) is 0 Å². The summed E-state index contributed by atoms with van der Waals surface area (Å²) in [5.74, 6) is -0.930. The van der Waals surface area contributed by atoms with E-state index < -0.39 is 11.5 Å². The van der Waals surface area contributed by atoms with Crippen LogP contribution >= 0.6 is 11.6 Å². The van der Waals surface area contributed by atoms with E-state index in [1.165, 1.54) is 18.7 Å². The highest BCUT2D eigenvalue weighted by atomic mass is 35.5. The molecule has 0 unspecified atom stereocenters. The number of likely N-dealkylation sites (N-methyl/N-ethyl adjacent to an activating group) is 1. The number of aliphatic carboxylic acids is 1. The Labute approximate surface area is 123 Å². The van der Waals surface area contributed by atoms with Gasteiger partial charge in [-0.3, -0.25) is 4.79 Å². The fraction of sp³-hybridized carbons (Fsp3) is 0.429. The maximum atomic E-state index is 12.1. The second kappa shape index (κ2) is 6.61. The molecule has 1 N–H and O–H groups in total. The van der Waals surface area contributed by atoms with E-state index in [1.54, 1.807) is 31.2 Å². The SMILES string of the molecule is CCN(C(=O)COc1ccc(Cl)cc1)C(C)(C)C(=O)O. The Morgan fingerprint density at radius 2 is 1.85 bits per heavy atom. The maximum absolute atomic E-state index is 12.1. The summed E-state index contributed by atoms with van der Waals surface area (Å²) in [5.41, 5.74) is -1.27. The molecule has 0 atom stereocenters.